The molecule has 0 atom stereocenters. The van der Waals surface area contributed by atoms with Crippen LogP contribution < -0.4 is 0 Å². The first-order chi connectivity index (χ1) is 7.10. The van der Waals surface area contributed by atoms with Crippen molar-refractivity contribution in [3.8, 4) is 0 Å². The molecule has 3 nitrogen and oxygen atoms in total. The van der Waals surface area contributed by atoms with Crippen LogP contribution in [0.15, 0.2) is 11.6 Å². The standard InChI is InChI=1S/C11H14N2OS/c1-4-11(2,3)9-8(7-14)13-5-6-15-10(13)12-9/h5-7H,4H2,1-3H3. The van der Waals surface area contributed by atoms with E-state index < -0.39 is 0 Å². The second-order valence-corrected chi connectivity index (χ2v) is 5.13. The van der Waals surface area contributed by atoms with Crippen LogP contribution in [0.1, 0.15) is 43.4 Å². The van der Waals surface area contributed by atoms with Gasteiger partial charge < -0.3 is 0 Å². The molecule has 0 aliphatic heterocycles. The van der Waals surface area contributed by atoms with Crippen molar-refractivity contribution in [3.05, 3.63) is 23.0 Å². The number of aldehydes is 1. The van der Waals surface area contributed by atoms with Crippen LogP contribution in [0.5, 0.6) is 0 Å². The molecule has 2 aromatic rings. The maximum absolute atomic E-state index is 11.1. The number of rotatable bonds is 3. The van der Waals surface area contributed by atoms with Gasteiger partial charge in [0.15, 0.2) is 11.2 Å². The zero-order valence-electron chi connectivity index (χ0n) is 9.15. The summed E-state index contributed by atoms with van der Waals surface area (Å²) >= 11 is 1.56. The first kappa shape index (κ1) is 10.4. The molecule has 80 valence electrons. The normalized spacial score (nSPS) is 12.2. The summed E-state index contributed by atoms with van der Waals surface area (Å²) in [7, 11) is 0. The van der Waals surface area contributed by atoms with Crippen LogP contribution in [0.4, 0.5) is 0 Å². The number of thiazole rings is 1. The lowest BCUT2D eigenvalue weighted by molar-refractivity contribution is 0.111. The van der Waals surface area contributed by atoms with Gasteiger partial charge in [0.1, 0.15) is 5.69 Å². The van der Waals surface area contributed by atoms with E-state index in [0.717, 1.165) is 23.4 Å². The van der Waals surface area contributed by atoms with Crippen molar-refractivity contribution < 1.29 is 4.79 Å². The molecule has 2 rings (SSSR count). The fourth-order valence-electron chi connectivity index (χ4n) is 1.58. The number of aromatic nitrogens is 2. The first-order valence-corrected chi connectivity index (χ1v) is 5.89. The number of fused-ring (bicyclic) bond motifs is 1. The highest BCUT2D eigenvalue weighted by atomic mass is 32.1. The molecule has 0 aliphatic carbocycles. The van der Waals surface area contributed by atoms with Crippen molar-refractivity contribution in [2.45, 2.75) is 32.6 Å². The van der Waals surface area contributed by atoms with Crippen molar-refractivity contribution in [2.24, 2.45) is 0 Å². The largest absolute Gasteiger partial charge is 0.296 e. The summed E-state index contributed by atoms with van der Waals surface area (Å²) in [4.78, 5) is 16.5. The van der Waals surface area contributed by atoms with E-state index in [4.69, 9.17) is 0 Å². The Labute approximate surface area is 92.8 Å². The molecular formula is C11H14N2OS. The smallest absolute Gasteiger partial charge is 0.194 e. The van der Waals surface area contributed by atoms with E-state index in [-0.39, 0.29) is 5.41 Å². The zero-order chi connectivity index (χ0) is 11.1. The fourth-order valence-corrected chi connectivity index (χ4v) is 2.30. The van der Waals surface area contributed by atoms with Crippen LogP contribution in [0, 0.1) is 0 Å². The van der Waals surface area contributed by atoms with Crippen molar-refractivity contribution in [3.63, 3.8) is 0 Å². The van der Waals surface area contributed by atoms with E-state index >= 15 is 0 Å². The Kier molecular flexibility index (Phi) is 2.38. The maximum atomic E-state index is 11.1. The molecule has 15 heavy (non-hydrogen) atoms. The van der Waals surface area contributed by atoms with Gasteiger partial charge in [-0.25, -0.2) is 4.98 Å². The lowest BCUT2D eigenvalue weighted by Crippen LogP contribution is -2.18. The number of hydrogen-bond acceptors (Lipinski definition) is 3. The Hall–Kier alpha value is -1.16. The highest BCUT2D eigenvalue weighted by Crippen LogP contribution is 2.30. The third-order valence-corrected chi connectivity index (χ3v) is 3.69. The van der Waals surface area contributed by atoms with Crippen LogP contribution in [0.3, 0.4) is 0 Å². The van der Waals surface area contributed by atoms with Gasteiger partial charge in [0, 0.05) is 17.0 Å². The molecule has 0 saturated carbocycles. The highest BCUT2D eigenvalue weighted by Gasteiger charge is 2.26. The highest BCUT2D eigenvalue weighted by molar-refractivity contribution is 7.15. The lowest BCUT2D eigenvalue weighted by atomic mass is 9.85. The molecule has 0 saturated heterocycles. The van der Waals surface area contributed by atoms with E-state index in [9.17, 15) is 4.79 Å². The minimum absolute atomic E-state index is 0.0397. The topological polar surface area (TPSA) is 34.4 Å². The van der Waals surface area contributed by atoms with Gasteiger partial charge in [-0.05, 0) is 6.42 Å². The summed E-state index contributed by atoms with van der Waals surface area (Å²) in [5.74, 6) is 0. The average Bonchev–Trinajstić information content (AvgIpc) is 2.76. The van der Waals surface area contributed by atoms with E-state index in [1.54, 1.807) is 11.3 Å². The second-order valence-electron chi connectivity index (χ2n) is 4.26. The number of carbonyl (C=O) groups excluding carboxylic acids is 1. The van der Waals surface area contributed by atoms with Crippen LogP contribution in [0.2, 0.25) is 0 Å². The van der Waals surface area contributed by atoms with Gasteiger partial charge in [0.05, 0.1) is 5.69 Å². The molecule has 0 N–H and O–H groups in total. The quantitative estimate of drug-likeness (QED) is 0.748. The van der Waals surface area contributed by atoms with Crippen molar-refractivity contribution in [2.75, 3.05) is 0 Å². The Morgan fingerprint density at radius 3 is 2.93 bits per heavy atom. The summed E-state index contributed by atoms with van der Waals surface area (Å²) in [6, 6.07) is 0. The molecule has 0 unspecified atom stereocenters. The summed E-state index contributed by atoms with van der Waals surface area (Å²) in [5.41, 5.74) is 1.56. The summed E-state index contributed by atoms with van der Waals surface area (Å²) < 4.78 is 1.87. The zero-order valence-corrected chi connectivity index (χ0v) is 9.97. The number of imidazole rings is 1. The molecule has 0 radical (unpaired) electrons. The maximum Gasteiger partial charge on any atom is 0.194 e. The van der Waals surface area contributed by atoms with Crippen molar-refractivity contribution in [1.29, 1.82) is 0 Å². The third kappa shape index (κ3) is 1.49. The van der Waals surface area contributed by atoms with Gasteiger partial charge in [-0.1, -0.05) is 20.8 Å². The molecule has 0 spiro atoms. The predicted molar refractivity (Wildman–Crippen MR) is 61.8 cm³/mol. The van der Waals surface area contributed by atoms with Gasteiger partial charge in [-0.3, -0.25) is 9.20 Å². The lowest BCUT2D eigenvalue weighted by Gasteiger charge is -2.20. The van der Waals surface area contributed by atoms with E-state index in [2.05, 4.69) is 25.8 Å². The second kappa shape index (κ2) is 3.45. The average molecular weight is 222 g/mol. The summed E-state index contributed by atoms with van der Waals surface area (Å²) in [5, 5.41) is 1.94. The van der Waals surface area contributed by atoms with Crippen LogP contribution >= 0.6 is 11.3 Å². The minimum atomic E-state index is -0.0397. The number of carbonyl (C=O) groups is 1. The predicted octanol–water partition coefficient (Wildman–Crippen LogP) is 2.90. The number of hydrogen-bond donors (Lipinski definition) is 0. The number of nitrogens with zero attached hydrogens (tertiary/aromatic N) is 2. The van der Waals surface area contributed by atoms with Crippen LogP contribution in [-0.4, -0.2) is 15.7 Å². The first-order valence-electron chi connectivity index (χ1n) is 5.01. The monoisotopic (exact) mass is 222 g/mol. The SMILES string of the molecule is CCC(C)(C)c1nc2sccn2c1C=O. The van der Waals surface area contributed by atoms with Crippen molar-refractivity contribution in [1.82, 2.24) is 9.38 Å². The molecular weight excluding hydrogens is 208 g/mol. The summed E-state index contributed by atoms with van der Waals surface area (Å²) in [6.45, 7) is 6.35. The van der Waals surface area contributed by atoms with Gasteiger partial charge in [0.2, 0.25) is 0 Å². The van der Waals surface area contributed by atoms with Gasteiger partial charge in [0.25, 0.3) is 0 Å². The third-order valence-electron chi connectivity index (χ3n) is 2.94. The Morgan fingerprint density at radius 1 is 1.60 bits per heavy atom. The van der Waals surface area contributed by atoms with E-state index in [1.807, 2.05) is 16.0 Å². The van der Waals surface area contributed by atoms with E-state index in [0.29, 0.717) is 5.69 Å². The molecule has 2 aromatic heterocycles. The molecule has 0 fully saturated rings. The molecule has 0 aromatic carbocycles. The molecule has 4 heteroatoms. The summed E-state index contributed by atoms with van der Waals surface area (Å²) in [6.07, 6.45) is 3.77. The van der Waals surface area contributed by atoms with Gasteiger partial charge >= 0.3 is 0 Å². The van der Waals surface area contributed by atoms with E-state index in [1.165, 1.54) is 0 Å². The molecule has 0 aliphatic rings. The van der Waals surface area contributed by atoms with Crippen LogP contribution in [0.25, 0.3) is 4.96 Å². The Bertz CT molecular complexity index is 496. The Balaban J connectivity index is 2.70. The Morgan fingerprint density at radius 2 is 2.33 bits per heavy atom. The van der Waals surface area contributed by atoms with Gasteiger partial charge in [-0.2, -0.15) is 0 Å². The fraction of sp³-hybridized carbons (Fsp3) is 0.455. The molecule has 0 amide bonds. The van der Waals surface area contributed by atoms with Gasteiger partial charge in [-0.15, -0.1) is 11.3 Å². The molecule has 2 heterocycles. The van der Waals surface area contributed by atoms with Crippen molar-refractivity contribution >= 4 is 22.6 Å². The minimum Gasteiger partial charge on any atom is -0.296 e. The molecule has 0 bridgehead atoms. The van der Waals surface area contributed by atoms with Crippen LogP contribution in [-0.2, 0) is 5.41 Å².